The Balaban J connectivity index is 0.000000505. The molecule has 0 unspecified atom stereocenters. The van der Waals surface area contributed by atoms with Crippen LogP contribution in [0.5, 0.6) is 0 Å². The second-order valence-electron chi connectivity index (χ2n) is 9.12. The van der Waals surface area contributed by atoms with Crippen LogP contribution in [0.3, 0.4) is 0 Å². The topological polar surface area (TPSA) is 110 Å². The molecular formula is C26H29F4N3O5. The number of rotatable bonds is 5. The van der Waals surface area contributed by atoms with E-state index in [-0.39, 0.29) is 5.56 Å². The number of carbonyl (C=O) groups excluding carboxylic acids is 1. The molecule has 206 valence electrons. The van der Waals surface area contributed by atoms with Crippen LogP contribution in [0.25, 0.3) is 0 Å². The molecule has 1 aliphatic heterocycles. The zero-order valence-corrected chi connectivity index (χ0v) is 20.5. The minimum Gasteiger partial charge on any atom is -0.478 e. The standard InChI is InChI=1S/C24H28FN3O3.C2HF3O2/c25-19-9-6-17(7-10-19)23(29)26-21-16-18(24(30)31)8-11-22(21)28-14-12-27(13-15-28)20-4-2-1-3-5-20;3-2(4,5)1(6)7/h6-11,16,20H,1-5,12-15H2,(H,26,29)(H,30,31);(H,6,7). The largest absolute Gasteiger partial charge is 0.490 e. The van der Waals surface area contributed by atoms with Gasteiger partial charge in [0.1, 0.15) is 5.82 Å². The molecule has 1 amide bonds. The number of hydrogen-bond acceptors (Lipinski definition) is 5. The number of piperazine rings is 1. The second kappa shape index (κ2) is 12.7. The van der Waals surface area contributed by atoms with Crippen LogP contribution in [-0.4, -0.2) is 71.4 Å². The Morgan fingerprint density at radius 2 is 1.39 bits per heavy atom. The van der Waals surface area contributed by atoms with Crippen LogP contribution in [0.1, 0.15) is 52.8 Å². The zero-order valence-electron chi connectivity index (χ0n) is 20.5. The molecule has 0 radical (unpaired) electrons. The van der Waals surface area contributed by atoms with Gasteiger partial charge in [0.25, 0.3) is 5.91 Å². The average molecular weight is 540 g/mol. The first-order valence-electron chi connectivity index (χ1n) is 12.2. The van der Waals surface area contributed by atoms with Crippen LogP contribution in [0.4, 0.5) is 28.9 Å². The zero-order chi connectivity index (χ0) is 27.9. The molecule has 8 nitrogen and oxygen atoms in total. The third kappa shape index (κ3) is 7.91. The Bertz CT molecular complexity index is 1130. The number of carboxylic acids is 2. The van der Waals surface area contributed by atoms with E-state index >= 15 is 0 Å². The Labute approximate surface area is 216 Å². The molecule has 3 N–H and O–H groups in total. The number of benzene rings is 2. The van der Waals surface area contributed by atoms with Gasteiger partial charge < -0.3 is 20.4 Å². The number of anilines is 2. The molecule has 12 heteroatoms. The lowest BCUT2D eigenvalue weighted by Crippen LogP contribution is -2.51. The van der Waals surface area contributed by atoms with Crippen molar-refractivity contribution in [2.24, 2.45) is 0 Å². The fourth-order valence-corrected chi connectivity index (χ4v) is 4.61. The van der Waals surface area contributed by atoms with Crippen molar-refractivity contribution in [2.45, 2.75) is 44.3 Å². The van der Waals surface area contributed by atoms with Crippen molar-refractivity contribution in [3.05, 3.63) is 59.4 Å². The maximum atomic E-state index is 13.2. The van der Waals surface area contributed by atoms with E-state index in [0.717, 1.165) is 31.9 Å². The summed E-state index contributed by atoms with van der Waals surface area (Å²) in [6, 6.07) is 10.8. The molecular weight excluding hydrogens is 510 g/mol. The first kappa shape index (κ1) is 28.9. The van der Waals surface area contributed by atoms with Crippen LogP contribution < -0.4 is 10.2 Å². The highest BCUT2D eigenvalue weighted by Crippen LogP contribution is 2.30. The summed E-state index contributed by atoms with van der Waals surface area (Å²) in [4.78, 5) is 37.8. The first-order valence-corrected chi connectivity index (χ1v) is 12.2. The summed E-state index contributed by atoms with van der Waals surface area (Å²) in [7, 11) is 0. The Kier molecular flexibility index (Phi) is 9.67. The molecule has 2 fully saturated rings. The van der Waals surface area contributed by atoms with E-state index in [1.807, 2.05) is 0 Å². The molecule has 0 atom stereocenters. The molecule has 38 heavy (non-hydrogen) atoms. The highest BCUT2D eigenvalue weighted by molar-refractivity contribution is 6.06. The molecule has 1 saturated heterocycles. The number of aliphatic carboxylic acids is 1. The van der Waals surface area contributed by atoms with Crippen molar-refractivity contribution < 1.29 is 42.2 Å². The molecule has 2 aromatic carbocycles. The summed E-state index contributed by atoms with van der Waals surface area (Å²) in [6.07, 6.45) is 1.41. The number of carboxylic acid groups (broad SMARTS) is 2. The Hall–Kier alpha value is -3.67. The summed E-state index contributed by atoms with van der Waals surface area (Å²) in [5, 5.41) is 19.4. The van der Waals surface area contributed by atoms with Crippen molar-refractivity contribution in [3.63, 3.8) is 0 Å². The van der Waals surface area contributed by atoms with E-state index in [1.54, 1.807) is 12.1 Å². The Morgan fingerprint density at radius 3 is 1.92 bits per heavy atom. The van der Waals surface area contributed by atoms with E-state index in [0.29, 0.717) is 17.3 Å². The number of alkyl halides is 3. The quantitative estimate of drug-likeness (QED) is 0.466. The van der Waals surface area contributed by atoms with Crippen LogP contribution in [0, 0.1) is 5.82 Å². The van der Waals surface area contributed by atoms with Crippen LogP contribution >= 0.6 is 0 Å². The fourth-order valence-electron chi connectivity index (χ4n) is 4.61. The minimum atomic E-state index is -5.08. The van der Waals surface area contributed by atoms with Gasteiger partial charge in [-0.1, -0.05) is 19.3 Å². The van der Waals surface area contributed by atoms with Gasteiger partial charge in [0.05, 0.1) is 16.9 Å². The maximum Gasteiger partial charge on any atom is 0.490 e. The monoisotopic (exact) mass is 539 g/mol. The van der Waals surface area contributed by atoms with Gasteiger partial charge in [-0.05, 0) is 55.3 Å². The molecule has 1 heterocycles. The fraction of sp³-hybridized carbons (Fsp3) is 0.423. The number of nitrogens with one attached hydrogen (secondary N) is 1. The third-order valence-electron chi connectivity index (χ3n) is 6.59. The lowest BCUT2D eigenvalue weighted by Gasteiger charge is -2.42. The van der Waals surface area contributed by atoms with E-state index in [4.69, 9.17) is 9.90 Å². The van der Waals surface area contributed by atoms with E-state index in [9.17, 15) is 32.3 Å². The van der Waals surface area contributed by atoms with Gasteiger partial charge in [-0.3, -0.25) is 9.69 Å². The smallest absolute Gasteiger partial charge is 0.478 e. The van der Waals surface area contributed by atoms with Gasteiger partial charge in [0.2, 0.25) is 0 Å². The minimum absolute atomic E-state index is 0.110. The summed E-state index contributed by atoms with van der Waals surface area (Å²) >= 11 is 0. The number of hydrogen-bond donors (Lipinski definition) is 3. The van der Waals surface area contributed by atoms with Crippen molar-refractivity contribution in [2.75, 3.05) is 36.4 Å². The highest BCUT2D eigenvalue weighted by atomic mass is 19.4. The summed E-state index contributed by atoms with van der Waals surface area (Å²) in [5.41, 5.74) is 1.69. The van der Waals surface area contributed by atoms with Gasteiger partial charge in [0.15, 0.2) is 0 Å². The summed E-state index contributed by atoms with van der Waals surface area (Å²) in [6.45, 7) is 3.55. The van der Waals surface area contributed by atoms with E-state index < -0.39 is 29.8 Å². The van der Waals surface area contributed by atoms with Crippen molar-refractivity contribution in [3.8, 4) is 0 Å². The number of carbonyl (C=O) groups is 3. The van der Waals surface area contributed by atoms with Crippen LogP contribution in [-0.2, 0) is 4.79 Å². The highest BCUT2D eigenvalue weighted by Gasteiger charge is 2.38. The molecule has 1 saturated carbocycles. The molecule has 0 aromatic heterocycles. The number of aromatic carboxylic acids is 1. The maximum absolute atomic E-state index is 13.2. The van der Waals surface area contributed by atoms with Gasteiger partial charge in [0, 0.05) is 37.8 Å². The lowest BCUT2D eigenvalue weighted by molar-refractivity contribution is -0.192. The predicted octanol–water partition coefficient (Wildman–Crippen LogP) is 4.86. The molecule has 2 aromatic rings. The SMILES string of the molecule is O=C(O)C(F)(F)F.O=C(O)c1ccc(N2CCN(C3CCCCC3)CC2)c(NC(=O)c2ccc(F)cc2)c1. The predicted molar refractivity (Wildman–Crippen MR) is 132 cm³/mol. The lowest BCUT2D eigenvalue weighted by atomic mass is 9.94. The summed E-state index contributed by atoms with van der Waals surface area (Å²) < 4.78 is 44.9. The van der Waals surface area contributed by atoms with Gasteiger partial charge >= 0.3 is 18.1 Å². The van der Waals surface area contributed by atoms with E-state index in [1.165, 1.54) is 62.4 Å². The van der Waals surface area contributed by atoms with Gasteiger partial charge in [-0.25, -0.2) is 14.0 Å². The molecule has 0 bridgehead atoms. The van der Waals surface area contributed by atoms with Crippen LogP contribution in [0.15, 0.2) is 42.5 Å². The first-order chi connectivity index (χ1) is 18.0. The van der Waals surface area contributed by atoms with Crippen molar-refractivity contribution in [1.29, 1.82) is 0 Å². The normalized spacial score (nSPS) is 16.8. The third-order valence-corrected chi connectivity index (χ3v) is 6.59. The number of halogens is 4. The molecule has 2 aliphatic rings. The molecule has 1 aliphatic carbocycles. The van der Waals surface area contributed by atoms with Gasteiger partial charge in [-0.15, -0.1) is 0 Å². The van der Waals surface area contributed by atoms with E-state index in [2.05, 4.69) is 15.1 Å². The molecule has 0 spiro atoms. The Morgan fingerprint density at radius 1 is 0.842 bits per heavy atom. The van der Waals surface area contributed by atoms with Crippen molar-refractivity contribution in [1.82, 2.24) is 4.90 Å². The number of amides is 1. The van der Waals surface area contributed by atoms with Crippen molar-refractivity contribution >= 4 is 29.2 Å². The average Bonchev–Trinajstić information content (AvgIpc) is 2.89. The second-order valence-corrected chi connectivity index (χ2v) is 9.12. The summed E-state index contributed by atoms with van der Waals surface area (Å²) in [5.74, 6) is -4.62. The van der Waals surface area contributed by atoms with Crippen LogP contribution in [0.2, 0.25) is 0 Å². The molecule has 4 rings (SSSR count). The van der Waals surface area contributed by atoms with Gasteiger partial charge in [-0.2, -0.15) is 13.2 Å². The number of nitrogens with zero attached hydrogens (tertiary/aromatic N) is 2.